The minimum Gasteiger partial charge on any atom is -0.396 e. The SMILES string of the molecule is COC1(OC)CC(n2cc(N)cn2)C1. The van der Waals surface area contributed by atoms with Gasteiger partial charge in [0.15, 0.2) is 5.79 Å². The average Bonchev–Trinajstić information content (AvgIpc) is 2.52. The second-order valence-electron chi connectivity index (χ2n) is 3.63. The van der Waals surface area contributed by atoms with Crippen molar-refractivity contribution >= 4 is 5.69 Å². The van der Waals surface area contributed by atoms with E-state index in [1.54, 1.807) is 20.4 Å². The molecule has 0 unspecified atom stereocenters. The molecule has 2 N–H and O–H groups in total. The van der Waals surface area contributed by atoms with Crippen LogP contribution in [0, 0.1) is 0 Å². The van der Waals surface area contributed by atoms with Crippen molar-refractivity contribution in [3.8, 4) is 0 Å². The van der Waals surface area contributed by atoms with Gasteiger partial charge in [-0.1, -0.05) is 0 Å². The maximum atomic E-state index is 5.58. The Bertz CT molecular complexity index is 312. The zero-order valence-corrected chi connectivity index (χ0v) is 8.43. The number of aromatic nitrogens is 2. The maximum absolute atomic E-state index is 5.58. The first kappa shape index (κ1) is 9.48. The van der Waals surface area contributed by atoms with Gasteiger partial charge >= 0.3 is 0 Å². The molecule has 1 heterocycles. The molecule has 1 aromatic rings. The van der Waals surface area contributed by atoms with Gasteiger partial charge < -0.3 is 15.2 Å². The maximum Gasteiger partial charge on any atom is 0.171 e. The predicted octanol–water partition coefficient (Wildman–Crippen LogP) is 0.789. The van der Waals surface area contributed by atoms with Gasteiger partial charge in [0, 0.05) is 33.3 Å². The van der Waals surface area contributed by atoms with E-state index >= 15 is 0 Å². The van der Waals surface area contributed by atoms with Crippen LogP contribution < -0.4 is 5.73 Å². The van der Waals surface area contributed by atoms with Gasteiger partial charge in [0.1, 0.15) is 0 Å². The molecular formula is C9H15N3O2. The quantitative estimate of drug-likeness (QED) is 0.728. The summed E-state index contributed by atoms with van der Waals surface area (Å²) >= 11 is 0. The summed E-state index contributed by atoms with van der Waals surface area (Å²) in [6.07, 6.45) is 5.13. The molecule has 1 aliphatic carbocycles. The molecule has 78 valence electrons. The molecule has 1 fully saturated rings. The molecule has 0 radical (unpaired) electrons. The fourth-order valence-corrected chi connectivity index (χ4v) is 1.81. The highest BCUT2D eigenvalue weighted by Gasteiger charge is 2.46. The molecule has 0 saturated heterocycles. The summed E-state index contributed by atoms with van der Waals surface area (Å²) in [5.74, 6) is -0.411. The van der Waals surface area contributed by atoms with Gasteiger partial charge in [-0.2, -0.15) is 5.10 Å². The van der Waals surface area contributed by atoms with Gasteiger partial charge in [-0.25, -0.2) is 0 Å². The van der Waals surface area contributed by atoms with Crippen molar-refractivity contribution in [1.29, 1.82) is 0 Å². The summed E-state index contributed by atoms with van der Waals surface area (Å²) in [7, 11) is 3.33. The largest absolute Gasteiger partial charge is 0.396 e. The van der Waals surface area contributed by atoms with E-state index in [-0.39, 0.29) is 0 Å². The number of rotatable bonds is 3. The third-order valence-electron chi connectivity index (χ3n) is 2.83. The van der Waals surface area contributed by atoms with E-state index in [1.807, 2.05) is 10.9 Å². The minimum absolute atomic E-state index is 0.340. The Morgan fingerprint density at radius 1 is 1.50 bits per heavy atom. The standard InChI is InChI=1S/C9H15N3O2/c1-13-9(14-2)3-8(4-9)12-6-7(10)5-11-12/h5-6,8H,3-4,10H2,1-2H3. The molecule has 0 spiro atoms. The highest BCUT2D eigenvalue weighted by Crippen LogP contribution is 2.43. The number of methoxy groups -OCH3 is 2. The van der Waals surface area contributed by atoms with Crippen molar-refractivity contribution < 1.29 is 9.47 Å². The van der Waals surface area contributed by atoms with Gasteiger partial charge in [-0.15, -0.1) is 0 Å². The summed E-state index contributed by atoms with van der Waals surface area (Å²) in [6, 6.07) is 0.340. The molecule has 5 heteroatoms. The van der Waals surface area contributed by atoms with Crippen LogP contribution in [0.3, 0.4) is 0 Å². The summed E-state index contributed by atoms with van der Waals surface area (Å²) < 4.78 is 12.4. The highest BCUT2D eigenvalue weighted by atomic mass is 16.7. The molecule has 5 nitrogen and oxygen atoms in total. The van der Waals surface area contributed by atoms with E-state index in [1.165, 1.54) is 0 Å². The summed E-state index contributed by atoms with van der Waals surface area (Å²) in [4.78, 5) is 0. The van der Waals surface area contributed by atoms with Gasteiger partial charge in [0.05, 0.1) is 17.9 Å². The molecule has 0 bridgehead atoms. The van der Waals surface area contributed by atoms with E-state index < -0.39 is 5.79 Å². The van der Waals surface area contributed by atoms with Crippen LogP contribution in [-0.2, 0) is 9.47 Å². The van der Waals surface area contributed by atoms with Crippen molar-refractivity contribution in [3.63, 3.8) is 0 Å². The van der Waals surface area contributed by atoms with Crippen molar-refractivity contribution in [2.45, 2.75) is 24.7 Å². The van der Waals surface area contributed by atoms with Gasteiger partial charge in [0.2, 0.25) is 0 Å². The van der Waals surface area contributed by atoms with Crippen LogP contribution in [0.15, 0.2) is 12.4 Å². The Kier molecular flexibility index (Phi) is 2.20. The average molecular weight is 197 g/mol. The Balaban J connectivity index is 2.00. The second kappa shape index (κ2) is 3.25. The molecule has 0 aliphatic heterocycles. The molecule has 0 amide bonds. The Labute approximate surface area is 82.8 Å². The lowest BCUT2D eigenvalue weighted by Gasteiger charge is -2.44. The van der Waals surface area contributed by atoms with Crippen molar-refractivity contribution in [1.82, 2.24) is 9.78 Å². The lowest BCUT2D eigenvalue weighted by atomic mass is 9.85. The number of ether oxygens (including phenoxy) is 2. The molecule has 1 aliphatic rings. The number of nitrogens with zero attached hydrogens (tertiary/aromatic N) is 2. The number of hydrogen-bond donors (Lipinski definition) is 1. The Hall–Kier alpha value is -1.07. The van der Waals surface area contributed by atoms with Gasteiger partial charge in [-0.05, 0) is 0 Å². The van der Waals surface area contributed by atoms with Crippen molar-refractivity contribution in [2.24, 2.45) is 0 Å². The summed E-state index contributed by atoms with van der Waals surface area (Å²) in [5.41, 5.74) is 6.27. The van der Waals surface area contributed by atoms with Gasteiger partial charge in [0.25, 0.3) is 0 Å². The van der Waals surface area contributed by atoms with Crippen LogP contribution in [0.4, 0.5) is 5.69 Å². The Morgan fingerprint density at radius 2 is 2.14 bits per heavy atom. The Morgan fingerprint density at radius 3 is 2.57 bits per heavy atom. The normalized spacial score (nSPS) is 20.7. The lowest BCUT2D eigenvalue weighted by molar-refractivity contribution is -0.267. The van der Waals surface area contributed by atoms with Crippen LogP contribution in [0.1, 0.15) is 18.9 Å². The van der Waals surface area contributed by atoms with Crippen LogP contribution in [-0.4, -0.2) is 29.8 Å². The second-order valence-corrected chi connectivity index (χ2v) is 3.63. The third-order valence-corrected chi connectivity index (χ3v) is 2.83. The smallest absolute Gasteiger partial charge is 0.171 e. The molecule has 0 atom stereocenters. The molecule has 2 rings (SSSR count). The molecular weight excluding hydrogens is 182 g/mol. The number of nitrogen functional groups attached to an aromatic ring is 1. The fraction of sp³-hybridized carbons (Fsp3) is 0.667. The summed E-state index contributed by atoms with van der Waals surface area (Å²) in [5, 5.41) is 4.15. The number of anilines is 1. The van der Waals surface area contributed by atoms with E-state index in [0.717, 1.165) is 12.8 Å². The van der Waals surface area contributed by atoms with E-state index in [4.69, 9.17) is 15.2 Å². The fourth-order valence-electron chi connectivity index (χ4n) is 1.81. The molecule has 1 aromatic heterocycles. The topological polar surface area (TPSA) is 62.3 Å². The predicted molar refractivity (Wildman–Crippen MR) is 51.7 cm³/mol. The van der Waals surface area contributed by atoms with E-state index in [9.17, 15) is 0 Å². The van der Waals surface area contributed by atoms with Crippen LogP contribution in [0.5, 0.6) is 0 Å². The van der Waals surface area contributed by atoms with Gasteiger partial charge in [-0.3, -0.25) is 4.68 Å². The first-order chi connectivity index (χ1) is 6.69. The minimum atomic E-state index is -0.411. The number of hydrogen-bond acceptors (Lipinski definition) is 4. The molecule has 1 saturated carbocycles. The monoisotopic (exact) mass is 197 g/mol. The van der Waals surface area contributed by atoms with E-state index in [0.29, 0.717) is 11.7 Å². The number of nitrogens with two attached hydrogens (primary N) is 1. The van der Waals surface area contributed by atoms with Crippen molar-refractivity contribution in [3.05, 3.63) is 12.4 Å². The third kappa shape index (κ3) is 1.38. The molecule has 0 aromatic carbocycles. The zero-order chi connectivity index (χ0) is 10.2. The summed E-state index contributed by atoms with van der Waals surface area (Å²) in [6.45, 7) is 0. The van der Waals surface area contributed by atoms with Crippen LogP contribution >= 0.6 is 0 Å². The van der Waals surface area contributed by atoms with E-state index in [2.05, 4.69) is 5.10 Å². The lowest BCUT2D eigenvalue weighted by Crippen LogP contribution is -2.48. The van der Waals surface area contributed by atoms with Crippen LogP contribution in [0.2, 0.25) is 0 Å². The van der Waals surface area contributed by atoms with Crippen LogP contribution in [0.25, 0.3) is 0 Å². The van der Waals surface area contributed by atoms with Crippen molar-refractivity contribution in [2.75, 3.05) is 20.0 Å². The highest BCUT2D eigenvalue weighted by molar-refractivity contribution is 5.30. The molecule has 14 heavy (non-hydrogen) atoms. The first-order valence-electron chi connectivity index (χ1n) is 4.59. The first-order valence-corrected chi connectivity index (χ1v) is 4.59. The zero-order valence-electron chi connectivity index (χ0n) is 8.43.